The number of hydrogen-bond donors (Lipinski definition) is 2. The van der Waals surface area contributed by atoms with Crippen LogP contribution in [0.2, 0.25) is 0 Å². The number of thioether (sulfide) groups is 1. The van der Waals surface area contributed by atoms with Crippen molar-refractivity contribution in [1.29, 1.82) is 0 Å². The molecular weight excluding hydrogens is 501 g/mol. The zero-order chi connectivity index (χ0) is 26.6. The molecule has 0 aliphatic heterocycles. The molecule has 0 fully saturated rings. The van der Waals surface area contributed by atoms with Crippen LogP contribution in [0.25, 0.3) is 11.1 Å². The van der Waals surface area contributed by atoms with Gasteiger partial charge in [-0.05, 0) is 54.0 Å². The Morgan fingerprint density at radius 1 is 1.08 bits per heavy atom. The molecule has 0 saturated heterocycles. The van der Waals surface area contributed by atoms with E-state index in [4.69, 9.17) is 14.2 Å². The second kappa shape index (κ2) is 11.1. The normalized spacial score (nSPS) is 14.6. The molecule has 0 spiro atoms. The highest BCUT2D eigenvalue weighted by atomic mass is 32.2. The third kappa shape index (κ3) is 5.53. The number of fused-ring (bicyclic) bond motifs is 3. The number of carbonyl (C=O) groups excluding carboxylic acids is 2. The van der Waals surface area contributed by atoms with Crippen LogP contribution in [0.15, 0.2) is 34.0 Å². The molecule has 3 rings (SSSR count). The van der Waals surface area contributed by atoms with Gasteiger partial charge in [-0.3, -0.25) is 14.4 Å². The first-order valence-corrected chi connectivity index (χ1v) is 12.0. The monoisotopic (exact) mass is 526 g/mol. The van der Waals surface area contributed by atoms with Crippen molar-refractivity contribution in [3.8, 4) is 28.4 Å². The highest BCUT2D eigenvalue weighted by Crippen LogP contribution is 2.50. The van der Waals surface area contributed by atoms with E-state index >= 15 is 0 Å². The van der Waals surface area contributed by atoms with Gasteiger partial charge in [-0.2, -0.15) is 13.2 Å². The summed E-state index contributed by atoms with van der Waals surface area (Å²) in [6, 6.07) is 5.87. The van der Waals surface area contributed by atoms with E-state index in [-0.39, 0.29) is 5.43 Å². The summed E-state index contributed by atoms with van der Waals surface area (Å²) in [6.45, 7) is -0.874. The summed E-state index contributed by atoms with van der Waals surface area (Å²) < 4.78 is 54.2. The highest BCUT2D eigenvalue weighted by Gasteiger charge is 2.38. The number of alkyl halides is 3. The lowest BCUT2D eigenvalue weighted by Crippen LogP contribution is -2.43. The van der Waals surface area contributed by atoms with Crippen molar-refractivity contribution in [3.05, 3.63) is 45.6 Å². The van der Waals surface area contributed by atoms with Gasteiger partial charge in [0.1, 0.15) is 0 Å². The topological polar surface area (TPSA) is 103 Å². The average Bonchev–Trinajstić information content (AvgIpc) is 3.09. The van der Waals surface area contributed by atoms with Crippen LogP contribution in [0, 0.1) is 0 Å². The lowest BCUT2D eigenvalue weighted by molar-refractivity contribution is -0.173. The van der Waals surface area contributed by atoms with E-state index in [1.165, 1.54) is 39.2 Å². The lowest BCUT2D eigenvalue weighted by atomic mass is 9.95. The summed E-state index contributed by atoms with van der Waals surface area (Å²) in [6.07, 6.45) is -2.62. The van der Waals surface area contributed by atoms with Crippen molar-refractivity contribution >= 4 is 23.6 Å². The van der Waals surface area contributed by atoms with Crippen molar-refractivity contribution in [3.63, 3.8) is 0 Å². The average molecular weight is 527 g/mol. The molecular formula is C24H25F3N2O6S. The number of carbonyl (C=O) groups is 2. The molecule has 1 atom stereocenters. The van der Waals surface area contributed by atoms with Crippen LogP contribution in [0.3, 0.4) is 0 Å². The van der Waals surface area contributed by atoms with Gasteiger partial charge in [0.15, 0.2) is 16.9 Å². The molecule has 0 saturated carbocycles. The van der Waals surface area contributed by atoms with E-state index in [0.717, 1.165) is 5.56 Å². The van der Waals surface area contributed by atoms with E-state index in [0.29, 0.717) is 51.7 Å². The lowest BCUT2D eigenvalue weighted by Gasteiger charge is -2.20. The molecule has 194 valence electrons. The molecule has 0 heterocycles. The first-order valence-electron chi connectivity index (χ1n) is 10.7. The maximum absolute atomic E-state index is 12.9. The Balaban J connectivity index is 2.13. The van der Waals surface area contributed by atoms with Gasteiger partial charge in [-0.15, -0.1) is 11.8 Å². The van der Waals surface area contributed by atoms with E-state index < -0.39 is 30.6 Å². The van der Waals surface area contributed by atoms with Crippen LogP contribution in [0.5, 0.6) is 17.2 Å². The number of hydrogen-bond acceptors (Lipinski definition) is 7. The number of ether oxygens (including phenoxy) is 3. The molecule has 0 bridgehead atoms. The number of rotatable bonds is 7. The van der Waals surface area contributed by atoms with Crippen molar-refractivity contribution in [2.75, 3.05) is 34.1 Å². The van der Waals surface area contributed by atoms with Crippen LogP contribution in [-0.4, -0.2) is 52.1 Å². The van der Waals surface area contributed by atoms with Gasteiger partial charge in [0, 0.05) is 5.56 Å². The minimum Gasteiger partial charge on any atom is -0.493 e. The first kappa shape index (κ1) is 27.2. The van der Waals surface area contributed by atoms with E-state index in [9.17, 15) is 27.6 Å². The number of nitrogens with one attached hydrogen (secondary N) is 2. The predicted molar refractivity (Wildman–Crippen MR) is 128 cm³/mol. The quantitative estimate of drug-likeness (QED) is 0.534. The van der Waals surface area contributed by atoms with Crippen LogP contribution in [-0.2, 0) is 16.0 Å². The Hall–Kier alpha value is -3.41. The Kier molecular flexibility index (Phi) is 8.39. The van der Waals surface area contributed by atoms with Crippen LogP contribution < -0.4 is 30.3 Å². The molecule has 2 aromatic carbocycles. The molecule has 1 unspecified atom stereocenters. The summed E-state index contributed by atoms with van der Waals surface area (Å²) in [5.74, 6) is -1.89. The highest BCUT2D eigenvalue weighted by molar-refractivity contribution is 7.98. The SMILES string of the molecule is COc1cc2c(c(OC)c1OC)-c1ccc(SC)c(=O)cc1C(NC(=O)CNC(=O)C(F)(F)F)CC2. The van der Waals surface area contributed by atoms with Crippen LogP contribution in [0.4, 0.5) is 13.2 Å². The number of amides is 2. The first-order chi connectivity index (χ1) is 17.0. The fourth-order valence-electron chi connectivity index (χ4n) is 4.12. The van der Waals surface area contributed by atoms with E-state index in [1.54, 1.807) is 29.8 Å². The van der Waals surface area contributed by atoms with E-state index in [1.807, 2.05) is 0 Å². The van der Waals surface area contributed by atoms with Crippen molar-refractivity contribution in [1.82, 2.24) is 10.6 Å². The van der Waals surface area contributed by atoms with Gasteiger partial charge in [0.05, 0.1) is 38.8 Å². The molecule has 2 N–H and O–H groups in total. The maximum Gasteiger partial charge on any atom is 0.471 e. The Bertz CT molecular complexity index is 1240. The summed E-state index contributed by atoms with van der Waals surface area (Å²) in [4.78, 5) is 37.0. The van der Waals surface area contributed by atoms with Crippen LogP contribution in [0.1, 0.15) is 23.6 Å². The van der Waals surface area contributed by atoms with Crippen LogP contribution >= 0.6 is 11.8 Å². The molecule has 2 aromatic rings. The standard InChI is InChI=1S/C24H25F3N2O6S/c1-33-17-9-12-5-7-15(29-19(31)11-28-23(32)24(25,26)27)14-10-16(30)18(36-4)8-6-13(14)20(12)22(35-3)21(17)34-2/h6,8-10,15H,5,7,11H2,1-4H3,(H,28,32)(H,29,31). The number of halogens is 3. The van der Waals surface area contributed by atoms with Gasteiger partial charge in [0.2, 0.25) is 11.7 Å². The van der Waals surface area contributed by atoms with Crippen molar-refractivity contribution < 1.29 is 37.0 Å². The molecule has 1 aliphatic rings. The predicted octanol–water partition coefficient (Wildman–Crippen LogP) is 3.24. The Morgan fingerprint density at radius 2 is 1.78 bits per heavy atom. The molecule has 8 nitrogen and oxygen atoms in total. The zero-order valence-electron chi connectivity index (χ0n) is 20.0. The van der Waals surface area contributed by atoms with Crippen molar-refractivity contribution in [2.24, 2.45) is 0 Å². The third-order valence-corrected chi connectivity index (χ3v) is 6.50. The molecule has 36 heavy (non-hydrogen) atoms. The molecule has 0 radical (unpaired) electrons. The Morgan fingerprint density at radius 3 is 2.36 bits per heavy atom. The number of methoxy groups -OCH3 is 3. The smallest absolute Gasteiger partial charge is 0.471 e. The fraction of sp³-hybridized carbons (Fsp3) is 0.375. The van der Waals surface area contributed by atoms with Gasteiger partial charge in [0.25, 0.3) is 0 Å². The second-order valence-electron chi connectivity index (χ2n) is 7.80. The fourth-order valence-corrected chi connectivity index (χ4v) is 4.59. The minimum atomic E-state index is -5.11. The second-order valence-corrected chi connectivity index (χ2v) is 8.65. The minimum absolute atomic E-state index is 0.281. The van der Waals surface area contributed by atoms with E-state index in [2.05, 4.69) is 5.32 Å². The molecule has 12 heteroatoms. The Labute approximate surface area is 209 Å². The van der Waals surface area contributed by atoms with Gasteiger partial charge < -0.3 is 24.8 Å². The third-order valence-electron chi connectivity index (χ3n) is 5.72. The maximum atomic E-state index is 12.9. The number of benzene rings is 1. The van der Waals surface area contributed by atoms with Crippen molar-refractivity contribution in [2.45, 2.75) is 30.0 Å². The zero-order valence-corrected chi connectivity index (χ0v) is 20.8. The van der Waals surface area contributed by atoms with Gasteiger partial charge >= 0.3 is 12.1 Å². The summed E-state index contributed by atoms with van der Waals surface area (Å²) >= 11 is 1.26. The summed E-state index contributed by atoms with van der Waals surface area (Å²) in [7, 11) is 4.43. The molecule has 0 aromatic heterocycles. The molecule has 2 amide bonds. The van der Waals surface area contributed by atoms with Gasteiger partial charge in [-0.1, -0.05) is 6.07 Å². The molecule has 1 aliphatic carbocycles. The largest absolute Gasteiger partial charge is 0.493 e. The summed E-state index contributed by atoms with van der Waals surface area (Å²) in [5.41, 5.74) is 2.21. The summed E-state index contributed by atoms with van der Waals surface area (Å²) in [5, 5.41) is 4.22. The number of aryl methyl sites for hydroxylation is 1. The van der Waals surface area contributed by atoms with Gasteiger partial charge in [-0.25, -0.2) is 0 Å².